The second-order valence-corrected chi connectivity index (χ2v) is 2.86. The Hall–Kier alpha value is -0.160. The Morgan fingerprint density at radius 2 is 2.36 bits per heavy atom. The van der Waals surface area contributed by atoms with Gasteiger partial charge in [-0.2, -0.15) is 0 Å². The summed E-state index contributed by atoms with van der Waals surface area (Å²) in [6, 6.07) is 0.495. The topological polar surface area (TPSA) is 53.5 Å². The van der Waals surface area contributed by atoms with E-state index in [4.69, 9.17) is 4.74 Å². The van der Waals surface area contributed by atoms with Gasteiger partial charge in [-0.25, -0.2) is 5.43 Å². The zero-order valence-electron chi connectivity index (χ0n) is 7.00. The highest BCUT2D eigenvalue weighted by Crippen LogP contribution is 2.11. The Morgan fingerprint density at radius 1 is 1.64 bits per heavy atom. The minimum atomic E-state index is -0.695. The van der Waals surface area contributed by atoms with E-state index in [9.17, 15) is 5.11 Å². The van der Waals surface area contributed by atoms with Gasteiger partial charge in [-0.3, -0.25) is 5.43 Å². The van der Waals surface area contributed by atoms with Crippen LogP contribution in [0.1, 0.15) is 19.8 Å². The van der Waals surface area contributed by atoms with Crippen LogP contribution in [0.3, 0.4) is 0 Å². The number of methoxy groups -OCH3 is 1. The van der Waals surface area contributed by atoms with Crippen LogP contribution >= 0.6 is 0 Å². The quantitative estimate of drug-likeness (QED) is 0.492. The Labute approximate surface area is 66.9 Å². The van der Waals surface area contributed by atoms with E-state index in [-0.39, 0.29) is 6.04 Å². The van der Waals surface area contributed by atoms with Crippen LogP contribution in [0.25, 0.3) is 0 Å². The monoisotopic (exact) mass is 160 g/mol. The Kier molecular flexibility index (Phi) is 3.26. The third kappa shape index (κ3) is 2.13. The van der Waals surface area contributed by atoms with E-state index < -0.39 is 6.29 Å². The van der Waals surface area contributed by atoms with Gasteiger partial charge in [0.1, 0.15) is 0 Å². The molecule has 0 aromatic heterocycles. The summed E-state index contributed by atoms with van der Waals surface area (Å²) in [5.74, 6) is 0. The number of aliphatic hydroxyl groups excluding tert-OH is 1. The first-order chi connectivity index (χ1) is 5.27. The first-order valence-electron chi connectivity index (χ1n) is 3.99. The lowest BCUT2D eigenvalue weighted by atomic mass is 10.1. The maximum Gasteiger partial charge on any atom is 0.170 e. The van der Waals surface area contributed by atoms with Gasteiger partial charge < -0.3 is 9.84 Å². The fourth-order valence-electron chi connectivity index (χ4n) is 1.27. The number of hydrazine groups is 1. The Bertz CT molecular complexity index is 121. The zero-order chi connectivity index (χ0) is 8.27. The zero-order valence-corrected chi connectivity index (χ0v) is 7.00. The SMILES string of the molecule is CCC1CC(C(O)OC)NN1. The van der Waals surface area contributed by atoms with Gasteiger partial charge in [-0.05, 0) is 12.8 Å². The summed E-state index contributed by atoms with van der Waals surface area (Å²) in [6.07, 6.45) is 1.30. The van der Waals surface area contributed by atoms with Crippen LogP contribution in [0.5, 0.6) is 0 Å². The molecule has 4 heteroatoms. The van der Waals surface area contributed by atoms with Crippen molar-refractivity contribution in [2.24, 2.45) is 0 Å². The molecular weight excluding hydrogens is 144 g/mol. The highest BCUT2D eigenvalue weighted by Gasteiger charge is 2.27. The first-order valence-corrected chi connectivity index (χ1v) is 3.99. The highest BCUT2D eigenvalue weighted by atomic mass is 16.6. The van der Waals surface area contributed by atoms with Crippen LogP contribution in [-0.2, 0) is 4.74 Å². The molecule has 0 aliphatic carbocycles. The molecule has 0 radical (unpaired) electrons. The van der Waals surface area contributed by atoms with E-state index >= 15 is 0 Å². The van der Waals surface area contributed by atoms with Gasteiger partial charge in [0.05, 0.1) is 6.04 Å². The van der Waals surface area contributed by atoms with Gasteiger partial charge in [0, 0.05) is 13.2 Å². The number of hydrogen-bond acceptors (Lipinski definition) is 4. The number of hydrogen-bond donors (Lipinski definition) is 3. The van der Waals surface area contributed by atoms with E-state index in [2.05, 4.69) is 17.8 Å². The molecule has 0 amide bonds. The summed E-state index contributed by atoms with van der Waals surface area (Å²) < 4.78 is 4.78. The van der Waals surface area contributed by atoms with Crippen LogP contribution in [0.15, 0.2) is 0 Å². The van der Waals surface area contributed by atoms with Crippen LogP contribution < -0.4 is 10.9 Å². The van der Waals surface area contributed by atoms with E-state index in [1.54, 1.807) is 0 Å². The predicted octanol–water partition coefficient (Wildman–Crippen LogP) is -0.404. The van der Waals surface area contributed by atoms with Crippen molar-refractivity contribution in [2.75, 3.05) is 7.11 Å². The molecular formula is C7H16N2O2. The van der Waals surface area contributed by atoms with Crippen LogP contribution in [0, 0.1) is 0 Å². The average molecular weight is 160 g/mol. The van der Waals surface area contributed by atoms with E-state index in [0.29, 0.717) is 6.04 Å². The molecule has 1 saturated heterocycles. The summed E-state index contributed by atoms with van der Waals surface area (Å²) >= 11 is 0. The second kappa shape index (κ2) is 4.01. The fourth-order valence-corrected chi connectivity index (χ4v) is 1.27. The maximum absolute atomic E-state index is 9.25. The maximum atomic E-state index is 9.25. The molecule has 1 rings (SSSR count). The van der Waals surface area contributed by atoms with Crippen molar-refractivity contribution in [3.63, 3.8) is 0 Å². The number of nitrogens with one attached hydrogen (secondary N) is 2. The number of rotatable bonds is 3. The van der Waals surface area contributed by atoms with E-state index in [0.717, 1.165) is 12.8 Å². The lowest BCUT2D eigenvalue weighted by Gasteiger charge is -2.14. The molecule has 11 heavy (non-hydrogen) atoms. The second-order valence-electron chi connectivity index (χ2n) is 2.86. The first kappa shape index (κ1) is 8.93. The standard InChI is InChI=1S/C7H16N2O2/c1-3-5-4-6(9-8-5)7(10)11-2/h5-10H,3-4H2,1-2H3. The molecule has 0 bridgehead atoms. The lowest BCUT2D eigenvalue weighted by Crippen LogP contribution is -2.40. The van der Waals surface area contributed by atoms with E-state index in [1.807, 2.05) is 0 Å². The van der Waals surface area contributed by atoms with Crippen molar-refractivity contribution in [3.05, 3.63) is 0 Å². The van der Waals surface area contributed by atoms with E-state index in [1.165, 1.54) is 7.11 Å². The van der Waals surface area contributed by atoms with Crippen molar-refractivity contribution in [2.45, 2.75) is 38.1 Å². The molecule has 0 aromatic carbocycles. The van der Waals surface area contributed by atoms with Crippen molar-refractivity contribution in [1.29, 1.82) is 0 Å². The van der Waals surface area contributed by atoms with Crippen LogP contribution in [-0.4, -0.2) is 30.6 Å². The minimum absolute atomic E-state index is 0.0324. The average Bonchev–Trinajstić information content (AvgIpc) is 2.50. The summed E-state index contributed by atoms with van der Waals surface area (Å²) in [6.45, 7) is 2.11. The van der Waals surface area contributed by atoms with Gasteiger partial charge in [0.25, 0.3) is 0 Å². The minimum Gasteiger partial charge on any atom is -0.367 e. The number of aliphatic hydroxyl groups is 1. The number of ether oxygens (including phenoxy) is 1. The molecule has 0 aromatic rings. The molecule has 3 atom stereocenters. The van der Waals surface area contributed by atoms with Gasteiger partial charge in [0.15, 0.2) is 6.29 Å². The largest absolute Gasteiger partial charge is 0.367 e. The molecule has 0 spiro atoms. The summed E-state index contributed by atoms with van der Waals surface area (Å²) in [5, 5.41) is 9.25. The normalized spacial score (nSPS) is 34.1. The van der Waals surface area contributed by atoms with Crippen molar-refractivity contribution >= 4 is 0 Å². The third-order valence-corrected chi connectivity index (χ3v) is 2.09. The van der Waals surface area contributed by atoms with Crippen LogP contribution in [0.4, 0.5) is 0 Å². The van der Waals surface area contributed by atoms with Gasteiger partial charge in [0.2, 0.25) is 0 Å². The Morgan fingerprint density at radius 3 is 2.82 bits per heavy atom. The van der Waals surface area contributed by atoms with Gasteiger partial charge in [-0.15, -0.1) is 0 Å². The molecule has 1 heterocycles. The highest BCUT2D eigenvalue weighted by molar-refractivity contribution is 4.81. The van der Waals surface area contributed by atoms with Crippen LogP contribution in [0.2, 0.25) is 0 Å². The summed E-state index contributed by atoms with van der Waals surface area (Å²) in [5.41, 5.74) is 6.06. The molecule has 3 unspecified atom stereocenters. The summed E-state index contributed by atoms with van der Waals surface area (Å²) in [7, 11) is 1.51. The molecule has 0 saturated carbocycles. The third-order valence-electron chi connectivity index (χ3n) is 2.09. The van der Waals surface area contributed by atoms with Crippen molar-refractivity contribution in [3.8, 4) is 0 Å². The van der Waals surface area contributed by atoms with Crippen molar-refractivity contribution in [1.82, 2.24) is 10.9 Å². The molecule has 1 aliphatic heterocycles. The van der Waals surface area contributed by atoms with Gasteiger partial charge >= 0.3 is 0 Å². The predicted molar refractivity (Wildman–Crippen MR) is 41.8 cm³/mol. The molecule has 66 valence electrons. The Balaban J connectivity index is 2.29. The molecule has 4 nitrogen and oxygen atoms in total. The van der Waals surface area contributed by atoms with Gasteiger partial charge in [-0.1, -0.05) is 6.92 Å². The molecule has 1 aliphatic rings. The smallest absolute Gasteiger partial charge is 0.170 e. The summed E-state index contributed by atoms with van der Waals surface area (Å²) in [4.78, 5) is 0. The fraction of sp³-hybridized carbons (Fsp3) is 1.00. The lowest BCUT2D eigenvalue weighted by molar-refractivity contribution is -0.0942. The molecule has 1 fully saturated rings. The van der Waals surface area contributed by atoms with Crippen molar-refractivity contribution < 1.29 is 9.84 Å². The molecule has 3 N–H and O–H groups in total.